The van der Waals surface area contributed by atoms with Crippen LogP contribution in [0.25, 0.3) is 0 Å². The molecule has 0 radical (unpaired) electrons. The second-order valence-corrected chi connectivity index (χ2v) is 7.97. The van der Waals surface area contributed by atoms with Gasteiger partial charge in [0.05, 0.1) is 31.3 Å². The van der Waals surface area contributed by atoms with Crippen molar-refractivity contribution in [2.75, 3.05) is 26.7 Å². The number of rotatable bonds is 6. The van der Waals surface area contributed by atoms with Crippen LogP contribution in [0.3, 0.4) is 0 Å². The summed E-state index contributed by atoms with van der Waals surface area (Å²) in [5.74, 6) is 0.555. The summed E-state index contributed by atoms with van der Waals surface area (Å²) in [6.07, 6.45) is 2.25. The van der Waals surface area contributed by atoms with Crippen molar-refractivity contribution in [1.82, 2.24) is 9.80 Å². The lowest BCUT2D eigenvalue weighted by Gasteiger charge is -2.38. The molecule has 3 rings (SSSR count). The Balaban J connectivity index is 1.88. The van der Waals surface area contributed by atoms with Crippen LogP contribution in [0.1, 0.15) is 51.6 Å². The molecule has 2 fully saturated rings. The van der Waals surface area contributed by atoms with Gasteiger partial charge in [0, 0.05) is 26.1 Å². The normalized spacial score (nSPS) is 27.9. The van der Waals surface area contributed by atoms with Gasteiger partial charge in [0.15, 0.2) is 0 Å². The highest BCUT2D eigenvalue weighted by molar-refractivity contribution is 5.90. The van der Waals surface area contributed by atoms with Crippen molar-refractivity contribution in [1.29, 1.82) is 0 Å². The zero-order valence-electron chi connectivity index (χ0n) is 17.4. The molecular formula is C22H32N2O4. The minimum atomic E-state index is -0.352. The standard InChI is InChI=1S/C22H32N2O4/c1-5-6-11-24-20(25)12-19(21(24)17-7-9-18(27-4)10-8-17)22(26)23-13-15(2)28-16(3)14-23/h7-10,15-16,19,21H,5-6,11-14H2,1-4H3/t15-,16-,19-,21-/m0/s1. The van der Waals surface area contributed by atoms with E-state index >= 15 is 0 Å². The van der Waals surface area contributed by atoms with Gasteiger partial charge in [-0.2, -0.15) is 0 Å². The first-order valence-corrected chi connectivity index (χ1v) is 10.3. The molecule has 2 aliphatic rings. The van der Waals surface area contributed by atoms with Crippen LogP contribution in [-0.4, -0.2) is 60.6 Å². The number of morpholine rings is 1. The molecule has 0 N–H and O–H groups in total. The zero-order chi connectivity index (χ0) is 20.3. The first kappa shape index (κ1) is 20.6. The van der Waals surface area contributed by atoms with Crippen LogP contribution in [0, 0.1) is 5.92 Å². The van der Waals surface area contributed by atoms with Gasteiger partial charge in [-0.15, -0.1) is 0 Å². The summed E-state index contributed by atoms with van der Waals surface area (Å²) in [6, 6.07) is 7.54. The Morgan fingerprint density at radius 3 is 2.39 bits per heavy atom. The Labute approximate surface area is 167 Å². The lowest BCUT2D eigenvalue weighted by molar-refractivity contribution is -0.148. The number of carbonyl (C=O) groups excluding carboxylic acids is 2. The molecule has 1 aromatic carbocycles. The van der Waals surface area contributed by atoms with Crippen molar-refractivity contribution in [3.63, 3.8) is 0 Å². The molecule has 2 aliphatic heterocycles. The molecule has 0 aromatic heterocycles. The molecule has 1 aromatic rings. The number of methoxy groups -OCH3 is 1. The number of benzene rings is 1. The average molecular weight is 389 g/mol. The minimum absolute atomic E-state index is 0.0143. The lowest BCUT2D eigenvalue weighted by Crippen LogP contribution is -2.50. The summed E-state index contributed by atoms with van der Waals surface area (Å²) in [4.78, 5) is 30.0. The van der Waals surface area contributed by atoms with Gasteiger partial charge in [0.25, 0.3) is 0 Å². The van der Waals surface area contributed by atoms with Crippen LogP contribution in [0.5, 0.6) is 5.75 Å². The van der Waals surface area contributed by atoms with E-state index in [0.29, 0.717) is 19.6 Å². The van der Waals surface area contributed by atoms with E-state index in [-0.39, 0.29) is 42.4 Å². The second kappa shape index (κ2) is 8.95. The highest BCUT2D eigenvalue weighted by atomic mass is 16.5. The van der Waals surface area contributed by atoms with E-state index in [1.165, 1.54) is 0 Å². The maximum Gasteiger partial charge on any atom is 0.228 e. The van der Waals surface area contributed by atoms with Crippen molar-refractivity contribution >= 4 is 11.8 Å². The lowest BCUT2D eigenvalue weighted by atomic mass is 9.91. The van der Waals surface area contributed by atoms with Gasteiger partial charge in [-0.25, -0.2) is 0 Å². The number of hydrogen-bond donors (Lipinski definition) is 0. The number of hydrogen-bond acceptors (Lipinski definition) is 4. The molecule has 0 aliphatic carbocycles. The van der Waals surface area contributed by atoms with Gasteiger partial charge < -0.3 is 19.3 Å². The third-order valence-electron chi connectivity index (χ3n) is 5.69. The summed E-state index contributed by atoms with van der Waals surface area (Å²) in [5, 5.41) is 0. The number of unbranched alkanes of at least 4 members (excludes halogenated alkanes) is 1. The summed E-state index contributed by atoms with van der Waals surface area (Å²) in [6.45, 7) is 7.94. The highest BCUT2D eigenvalue weighted by Crippen LogP contribution is 2.40. The molecule has 0 spiro atoms. The number of nitrogens with zero attached hydrogens (tertiary/aromatic N) is 2. The fraction of sp³-hybridized carbons (Fsp3) is 0.636. The zero-order valence-corrected chi connectivity index (χ0v) is 17.4. The van der Waals surface area contributed by atoms with Crippen LogP contribution in [0.4, 0.5) is 0 Å². The number of amides is 2. The second-order valence-electron chi connectivity index (χ2n) is 7.97. The topological polar surface area (TPSA) is 59.1 Å². The summed E-state index contributed by atoms with van der Waals surface area (Å²) in [5.41, 5.74) is 0.996. The predicted molar refractivity (Wildman–Crippen MR) is 107 cm³/mol. The van der Waals surface area contributed by atoms with E-state index in [4.69, 9.17) is 9.47 Å². The first-order valence-electron chi connectivity index (χ1n) is 10.3. The Morgan fingerprint density at radius 1 is 1.18 bits per heavy atom. The molecule has 4 atom stereocenters. The maximum atomic E-state index is 13.4. The SMILES string of the molecule is CCCCN1C(=O)C[C@H](C(=O)N2C[C@H](C)O[C@@H](C)C2)[C@@H]1c1ccc(OC)cc1. The number of carbonyl (C=O) groups is 2. The van der Waals surface area contributed by atoms with E-state index in [1.807, 2.05) is 47.9 Å². The number of likely N-dealkylation sites (tertiary alicyclic amines) is 1. The molecular weight excluding hydrogens is 356 g/mol. The van der Waals surface area contributed by atoms with E-state index in [2.05, 4.69) is 6.92 Å². The molecule has 0 saturated carbocycles. The van der Waals surface area contributed by atoms with Gasteiger partial charge in [0.2, 0.25) is 11.8 Å². The fourth-order valence-electron chi connectivity index (χ4n) is 4.41. The molecule has 6 heteroatoms. The predicted octanol–water partition coefficient (Wildman–Crippen LogP) is 3.02. The summed E-state index contributed by atoms with van der Waals surface area (Å²) in [7, 11) is 1.63. The fourth-order valence-corrected chi connectivity index (χ4v) is 4.41. The monoisotopic (exact) mass is 388 g/mol. The smallest absolute Gasteiger partial charge is 0.228 e. The molecule has 2 amide bonds. The van der Waals surface area contributed by atoms with E-state index in [1.54, 1.807) is 7.11 Å². The van der Waals surface area contributed by atoms with Crippen molar-refractivity contribution in [2.24, 2.45) is 5.92 Å². The summed E-state index contributed by atoms with van der Waals surface area (Å²) < 4.78 is 11.0. The van der Waals surface area contributed by atoms with Crippen LogP contribution in [0.15, 0.2) is 24.3 Å². The van der Waals surface area contributed by atoms with Crippen molar-refractivity contribution in [3.05, 3.63) is 29.8 Å². The van der Waals surface area contributed by atoms with Crippen LogP contribution in [0.2, 0.25) is 0 Å². The first-order chi connectivity index (χ1) is 13.4. The number of ether oxygens (including phenoxy) is 2. The average Bonchev–Trinajstić information content (AvgIpc) is 3.01. The largest absolute Gasteiger partial charge is 0.497 e. The van der Waals surface area contributed by atoms with Gasteiger partial charge in [0.1, 0.15) is 5.75 Å². The minimum Gasteiger partial charge on any atom is -0.497 e. The Hall–Kier alpha value is -2.08. The molecule has 6 nitrogen and oxygen atoms in total. The van der Waals surface area contributed by atoms with Crippen molar-refractivity contribution < 1.29 is 19.1 Å². The molecule has 0 unspecified atom stereocenters. The van der Waals surface area contributed by atoms with Crippen molar-refractivity contribution in [3.8, 4) is 5.75 Å². The van der Waals surface area contributed by atoms with Gasteiger partial charge in [-0.05, 0) is 38.0 Å². The maximum absolute atomic E-state index is 13.4. The molecule has 0 bridgehead atoms. The third-order valence-corrected chi connectivity index (χ3v) is 5.69. The van der Waals surface area contributed by atoms with Gasteiger partial charge in [-0.1, -0.05) is 25.5 Å². The van der Waals surface area contributed by atoms with Crippen LogP contribution < -0.4 is 4.74 Å². The van der Waals surface area contributed by atoms with Crippen molar-refractivity contribution in [2.45, 2.75) is 58.3 Å². The van der Waals surface area contributed by atoms with E-state index in [0.717, 1.165) is 24.2 Å². The van der Waals surface area contributed by atoms with E-state index in [9.17, 15) is 9.59 Å². The van der Waals surface area contributed by atoms with Crippen LogP contribution >= 0.6 is 0 Å². The summed E-state index contributed by atoms with van der Waals surface area (Å²) >= 11 is 0. The Bertz CT molecular complexity index is 680. The molecule has 154 valence electrons. The molecule has 28 heavy (non-hydrogen) atoms. The highest BCUT2D eigenvalue weighted by Gasteiger charge is 2.46. The molecule has 2 heterocycles. The van der Waals surface area contributed by atoms with E-state index < -0.39 is 0 Å². The quantitative estimate of drug-likeness (QED) is 0.752. The van der Waals surface area contributed by atoms with Crippen LogP contribution in [-0.2, 0) is 14.3 Å². The van der Waals surface area contributed by atoms with Gasteiger partial charge in [-0.3, -0.25) is 9.59 Å². The Kier molecular flexibility index (Phi) is 6.60. The van der Waals surface area contributed by atoms with Gasteiger partial charge >= 0.3 is 0 Å². The Morgan fingerprint density at radius 2 is 1.82 bits per heavy atom. The molecule has 2 saturated heterocycles. The third kappa shape index (κ3) is 4.32.